The summed E-state index contributed by atoms with van der Waals surface area (Å²) in [4.78, 5) is 29.4. The number of ether oxygens (including phenoxy) is 6. The fourth-order valence-electron chi connectivity index (χ4n) is 5.61. The zero-order valence-electron chi connectivity index (χ0n) is 27.4. The van der Waals surface area contributed by atoms with Crippen LogP contribution in [0.4, 0.5) is 23.0 Å². The lowest BCUT2D eigenvalue weighted by Gasteiger charge is -2.28. The Labute approximate surface area is 287 Å². The molecular weight excluding hydrogens is 655 g/mol. The van der Waals surface area contributed by atoms with Gasteiger partial charge in [-0.15, -0.1) is 0 Å². The Kier molecular flexibility index (Phi) is 9.20. The second-order valence-corrected chi connectivity index (χ2v) is 11.9. The third-order valence-electron chi connectivity index (χ3n) is 7.84. The first kappa shape index (κ1) is 32.7. The number of aromatic nitrogens is 2. The third-order valence-corrected chi connectivity index (χ3v) is 9.24. The van der Waals surface area contributed by atoms with Gasteiger partial charge in [0.2, 0.25) is 0 Å². The maximum Gasteiger partial charge on any atom is 0.266 e. The van der Waals surface area contributed by atoms with E-state index in [0.717, 1.165) is 0 Å². The number of carbonyl (C=O) groups is 1. The number of hydrogen-bond donors (Lipinski definition) is 0. The Morgan fingerprint density at radius 1 is 0.688 bits per heavy atom. The first-order chi connectivity index (χ1) is 23.3. The summed E-state index contributed by atoms with van der Waals surface area (Å²) >= 11 is 6.74. The second kappa shape index (κ2) is 13.5. The van der Waals surface area contributed by atoms with E-state index in [1.165, 1.54) is 11.8 Å². The van der Waals surface area contributed by atoms with Crippen LogP contribution >= 0.6 is 24.0 Å². The van der Waals surface area contributed by atoms with Crippen molar-refractivity contribution in [2.75, 3.05) is 59.0 Å². The normalized spacial score (nSPS) is 14.9. The number of para-hydroxylation sites is 2. The number of nitrogens with zero attached hydrogens (tertiary/aromatic N) is 5. The van der Waals surface area contributed by atoms with Gasteiger partial charge in [0, 0.05) is 18.7 Å². The monoisotopic (exact) mass is 687 g/mol. The Bertz CT molecular complexity index is 1840. The first-order valence-electron chi connectivity index (χ1n) is 14.8. The van der Waals surface area contributed by atoms with Gasteiger partial charge in [0.15, 0.2) is 23.1 Å². The summed E-state index contributed by atoms with van der Waals surface area (Å²) in [6.45, 7) is 2.35. The number of rotatable bonds is 10. The summed E-state index contributed by atoms with van der Waals surface area (Å²) in [6, 6.07) is 14.5. The number of carbonyl (C=O) groups excluding carboxylic acids is 1. The summed E-state index contributed by atoms with van der Waals surface area (Å²) in [5.74, 6) is 4.23. The van der Waals surface area contributed by atoms with E-state index in [1.807, 2.05) is 59.2 Å². The Morgan fingerprint density at radius 2 is 1.10 bits per heavy atom. The highest BCUT2D eigenvalue weighted by atomic mass is 32.2. The number of thiocarbonyl (C=S) groups is 1. The van der Waals surface area contributed by atoms with E-state index in [-0.39, 0.29) is 5.91 Å². The molecule has 1 aromatic heterocycles. The number of amides is 1. The second-order valence-electron chi connectivity index (χ2n) is 10.2. The standard InChI is InChI=1S/C34H33N5O7S2/c1-8-37-33(40)27(48-34(37)47)15-16-28-38(29-21(41-2)11-9-12-22(29)42-3)31-32(39(28)30-23(43-4)13-10-14-24(30)44-5)36-20-18-26(46-7)25(45-6)17-19(20)35-31/h9-18H,8H2,1-7H3/b27-15-. The van der Waals surface area contributed by atoms with Crippen LogP contribution in [0.15, 0.2) is 71.4 Å². The maximum atomic E-state index is 13.3. The highest BCUT2D eigenvalue weighted by Gasteiger charge is 2.42. The van der Waals surface area contributed by atoms with Gasteiger partial charge in [-0.25, -0.2) is 9.97 Å². The van der Waals surface area contributed by atoms with E-state index in [9.17, 15) is 4.79 Å². The van der Waals surface area contributed by atoms with Crippen molar-refractivity contribution in [2.45, 2.75) is 6.92 Å². The van der Waals surface area contributed by atoms with E-state index in [2.05, 4.69) is 0 Å². The van der Waals surface area contributed by atoms with Crippen LogP contribution in [-0.2, 0) is 4.79 Å². The topological polar surface area (TPSA) is 108 Å². The van der Waals surface area contributed by atoms with Crippen LogP contribution in [0.3, 0.4) is 0 Å². The number of thioether (sulfide) groups is 1. The van der Waals surface area contributed by atoms with Gasteiger partial charge in [-0.05, 0) is 43.3 Å². The number of allylic oxidation sites excluding steroid dienone is 2. The number of likely N-dealkylation sites (N-methyl/N-ethyl adjacent to an activating group) is 1. The van der Waals surface area contributed by atoms with Gasteiger partial charge in [-0.1, -0.05) is 36.1 Å². The molecule has 4 aromatic rings. The lowest BCUT2D eigenvalue weighted by Crippen LogP contribution is -2.27. The van der Waals surface area contributed by atoms with Crippen molar-refractivity contribution in [3.05, 3.63) is 71.4 Å². The summed E-state index contributed by atoms with van der Waals surface area (Å²) in [6.07, 6.45) is 3.56. The van der Waals surface area contributed by atoms with E-state index in [1.54, 1.807) is 65.8 Å². The molecule has 0 unspecified atom stereocenters. The van der Waals surface area contributed by atoms with Crippen molar-refractivity contribution in [1.29, 1.82) is 0 Å². The van der Waals surface area contributed by atoms with Crippen molar-refractivity contribution in [3.63, 3.8) is 0 Å². The van der Waals surface area contributed by atoms with Gasteiger partial charge in [-0.3, -0.25) is 19.5 Å². The average Bonchev–Trinajstić information content (AvgIpc) is 3.57. The molecule has 2 aliphatic heterocycles. The van der Waals surface area contributed by atoms with Crippen LogP contribution < -0.4 is 38.2 Å². The fourth-order valence-corrected chi connectivity index (χ4v) is 6.94. The van der Waals surface area contributed by atoms with Crippen LogP contribution in [0, 0.1) is 0 Å². The molecule has 248 valence electrons. The fraction of sp³-hybridized carbons (Fsp3) is 0.235. The van der Waals surface area contributed by atoms with E-state index in [4.69, 9.17) is 50.6 Å². The van der Waals surface area contributed by atoms with Gasteiger partial charge in [0.05, 0.1) is 58.6 Å². The molecule has 0 atom stereocenters. The molecule has 6 rings (SSSR count). The number of hydrogen-bond acceptors (Lipinski definition) is 13. The molecule has 2 aliphatic rings. The molecule has 0 saturated carbocycles. The molecule has 0 radical (unpaired) electrons. The molecule has 0 N–H and O–H groups in total. The van der Waals surface area contributed by atoms with E-state index < -0.39 is 0 Å². The van der Waals surface area contributed by atoms with Crippen molar-refractivity contribution < 1.29 is 33.2 Å². The molecular formula is C34H33N5O7S2. The number of methoxy groups -OCH3 is 6. The third kappa shape index (κ3) is 5.36. The Morgan fingerprint density at radius 3 is 1.46 bits per heavy atom. The smallest absolute Gasteiger partial charge is 0.266 e. The van der Waals surface area contributed by atoms with Gasteiger partial charge in [0.25, 0.3) is 5.91 Å². The molecule has 3 heterocycles. The summed E-state index contributed by atoms with van der Waals surface area (Å²) in [5.41, 5.74) is 2.19. The lowest BCUT2D eigenvalue weighted by atomic mass is 10.2. The zero-order chi connectivity index (χ0) is 34.1. The summed E-state index contributed by atoms with van der Waals surface area (Å²) in [7, 11) is 9.46. The minimum Gasteiger partial charge on any atom is -0.494 e. The number of benzene rings is 3. The highest BCUT2D eigenvalue weighted by Crippen LogP contribution is 2.56. The molecule has 0 aliphatic carbocycles. The van der Waals surface area contributed by atoms with Gasteiger partial charge >= 0.3 is 0 Å². The summed E-state index contributed by atoms with van der Waals surface area (Å²) < 4.78 is 35.2. The van der Waals surface area contributed by atoms with Crippen molar-refractivity contribution in [1.82, 2.24) is 14.9 Å². The molecule has 14 heteroatoms. The van der Waals surface area contributed by atoms with Crippen molar-refractivity contribution >= 4 is 68.3 Å². The molecule has 1 fully saturated rings. The minimum absolute atomic E-state index is 0.177. The molecule has 12 nitrogen and oxygen atoms in total. The largest absolute Gasteiger partial charge is 0.494 e. The van der Waals surface area contributed by atoms with Crippen LogP contribution in [0.25, 0.3) is 11.0 Å². The van der Waals surface area contributed by atoms with Crippen molar-refractivity contribution in [2.24, 2.45) is 0 Å². The molecule has 0 spiro atoms. The summed E-state index contributed by atoms with van der Waals surface area (Å²) in [5, 5.41) is 0. The SMILES string of the molecule is CCN1C(=O)/C(=C/C=C2N(c3c(OC)cccc3OC)c3nc4cc(OC)c(OC)cc4nc3N2c2c(OC)cccc2OC)SC1=S. The number of anilines is 4. The minimum atomic E-state index is -0.177. The zero-order valence-corrected chi connectivity index (χ0v) is 29.0. The van der Waals surface area contributed by atoms with E-state index >= 15 is 0 Å². The highest BCUT2D eigenvalue weighted by molar-refractivity contribution is 8.26. The maximum absolute atomic E-state index is 13.3. The van der Waals surface area contributed by atoms with E-state index in [0.29, 0.717) is 90.1 Å². The van der Waals surface area contributed by atoms with Gasteiger partial charge < -0.3 is 28.4 Å². The molecule has 3 aromatic carbocycles. The van der Waals surface area contributed by atoms with Gasteiger partial charge in [-0.2, -0.15) is 0 Å². The van der Waals surface area contributed by atoms with Crippen LogP contribution in [-0.4, -0.2) is 74.3 Å². The lowest BCUT2D eigenvalue weighted by molar-refractivity contribution is -0.122. The molecule has 1 saturated heterocycles. The number of fused-ring (bicyclic) bond motifs is 2. The van der Waals surface area contributed by atoms with Crippen LogP contribution in [0.2, 0.25) is 0 Å². The average molecular weight is 688 g/mol. The predicted octanol–water partition coefficient (Wildman–Crippen LogP) is 6.58. The molecule has 1 amide bonds. The first-order valence-corrected chi connectivity index (χ1v) is 16.0. The Balaban J connectivity index is 1.74. The molecule has 0 bridgehead atoms. The van der Waals surface area contributed by atoms with Crippen molar-refractivity contribution in [3.8, 4) is 34.5 Å². The predicted molar refractivity (Wildman–Crippen MR) is 190 cm³/mol. The van der Waals surface area contributed by atoms with Crippen LogP contribution in [0.5, 0.6) is 34.5 Å². The quantitative estimate of drug-likeness (QED) is 0.133. The molecule has 48 heavy (non-hydrogen) atoms. The van der Waals surface area contributed by atoms with Gasteiger partial charge in [0.1, 0.15) is 44.5 Å². The Hall–Kier alpha value is -5.21. The van der Waals surface area contributed by atoms with Crippen LogP contribution in [0.1, 0.15) is 6.92 Å².